The first-order valence-electron chi connectivity index (χ1n) is 10.2. The van der Waals surface area contributed by atoms with Gasteiger partial charge < -0.3 is 4.74 Å². The smallest absolute Gasteiger partial charge is 0.115 e. The van der Waals surface area contributed by atoms with Gasteiger partial charge in [0.2, 0.25) is 0 Å². The van der Waals surface area contributed by atoms with Crippen LogP contribution in [0.25, 0.3) is 10.8 Å². The first kappa shape index (κ1) is 22.4. The monoisotopic (exact) mass is 397 g/mol. The fraction of sp³-hybridized carbons (Fsp3) is 0.360. The number of benzene rings is 3. The molecule has 28 heavy (non-hydrogen) atoms. The lowest BCUT2D eigenvalue weighted by Crippen LogP contribution is -2.40. The van der Waals surface area contributed by atoms with Gasteiger partial charge in [0.1, 0.15) is 6.23 Å². The second-order valence-electron chi connectivity index (χ2n) is 7.17. The van der Waals surface area contributed by atoms with Crippen molar-refractivity contribution in [2.45, 2.75) is 45.9 Å². The quantitative estimate of drug-likeness (QED) is 0.363. The van der Waals surface area contributed by atoms with Crippen LogP contribution in [0, 0.1) is 0 Å². The molecule has 150 valence electrons. The summed E-state index contributed by atoms with van der Waals surface area (Å²) >= 11 is 0. The minimum atomic E-state index is 0. The number of halogens is 1. The lowest BCUT2D eigenvalue weighted by Gasteiger charge is -2.31. The Kier molecular flexibility index (Phi) is 9.49. The molecule has 0 aliphatic rings. The molecule has 0 fully saturated rings. The van der Waals surface area contributed by atoms with E-state index in [1.54, 1.807) is 0 Å². The Morgan fingerprint density at radius 3 is 2.07 bits per heavy atom. The van der Waals surface area contributed by atoms with Crippen LogP contribution in [0.4, 0.5) is 0 Å². The zero-order chi connectivity index (χ0) is 18.9. The molecular formula is C25H32ClNO. The summed E-state index contributed by atoms with van der Waals surface area (Å²) in [5.74, 6) is 0. The van der Waals surface area contributed by atoms with Gasteiger partial charge in [-0.05, 0) is 40.8 Å². The van der Waals surface area contributed by atoms with Crippen LogP contribution in [-0.2, 0) is 17.8 Å². The van der Waals surface area contributed by atoms with Gasteiger partial charge in [0.25, 0.3) is 0 Å². The van der Waals surface area contributed by atoms with Gasteiger partial charge in [-0.2, -0.15) is 0 Å². The Balaban J connectivity index is 0.00000280. The largest absolute Gasteiger partial charge is 0.358 e. The molecule has 0 aliphatic heterocycles. The third-order valence-corrected chi connectivity index (χ3v) is 4.94. The molecule has 0 amide bonds. The number of hydrogen-bond donors (Lipinski definition) is 0. The molecule has 1 unspecified atom stereocenters. The van der Waals surface area contributed by atoms with Crippen LogP contribution < -0.4 is 0 Å². The molecule has 0 N–H and O–H groups in total. The predicted molar refractivity (Wildman–Crippen MR) is 122 cm³/mol. The van der Waals surface area contributed by atoms with Crippen LogP contribution in [0.3, 0.4) is 0 Å². The highest BCUT2D eigenvalue weighted by Gasteiger charge is 2.18. The highest BCUT2D eigenvalue weighted by molar-refractivity contribution is 5.85. The van der Waals surface area contributed by atoms with Crippen LogP contribution >= 0.6 is 12.4 Å². The predicted octanol–water partition coefficient (Wildman–Crippen LogP) is 6.47. The summed E-state index contributed by atoms with van der Waals surface area (Å²) in [6.07, 6.45) is 3.32. The summed E-state index contributed by atoms with van der Waals surface area (Å²) < 4.78 is 6.47. The van der Waals surface area contributed by atoms with Crippen molar-refractivity contribution >= 4 is 23.2 Å². The molecule has 0 saturated heterocycles. The summed E-state index contributed by atoms with van der Waals surface area (Å²) in [4.78, 5) is 2.49. The van der Waals surface area contributed by atoms with Gasteiger partial charge in [0, 0.05) is 19.5 Å². The molecule has 1 atom stereocenters. The van der Waals surface area contributed by atoms with Crippen LogP contribution in [-0.4, -0.2) is 24.2 Å². The lowest BCUT2D eigenvalue weighted by atomic mass is 10.1. The van der Waals surface area contributed by atoms with E-state index in [1.807, 2.05) is 0 Å². The highest BCUT2D eigenvalue weighted by Crippen LogP contribution is 2.18. The number of ether oxygens (including phenoxy) is 1. The van der Waals surface area contributed by atoms with Gasteiger partial charge in [0.15, 0.2) is 0 Å². The molecule has 3 heteroatoms. The van der Waals surface area contributed by atoms with E-state index >= 15 is 0 Å². The standard InChI is InChI=1S/C25H31NO.ClH/c1-3-16-26(17-4-2)25(19-21-10-6-5-7-11-21)27-20-22-14-15-23-12-8-9-13-24(23)18-22;/h5-15,18,25H,3-4,16-17,19-20H2,1-2H3;1H. The van der Waals surface area contributed by atoms with Crippen LogP contribution in [0.1, 0.15) is 37.8 Å². The van der Waals surface area contributed by atoms with Gasteiger partial charge in [-0.1, -0.05) is 80.6 Å². The minimum absolute atomic E-state index is 0. The summed E-state index contributed by atoms with van der Waals surface area (Å²) in [5, 5.41) is 2.55. The van der Waals surface area contributed by atoms with Gasteiger partial charge in [-0.15, -0.1) is 12.4 Å². The summed E-state index contributed by atoms with van der Waals surface area (Å²) in [6, 6.07) is 25.8. The van der Waals surface area contributed by atoms with E-state index in [9.17, 15) is 0 Å². The molecule has 0 bridgehead atoms. The maximum absolute atomic E-state index is 6.47. The molecule has 0 aliphatic carbocycles. The number of rotatable bonds is 10. The van der Waals surface area contributed by atoms with E-state index in [0.717, 1.165) is 32.4 Å². The average Bonchev–Trinajstić information content (AvgIpc) is 2.71. The van der Waals surface area contributed by atoms with Crippen molar-refractivity contribution < 1.29 is 4.74 Å². The van der Waals surface area contributed by atoms with Gasteiger partial charge in [-0.25, -0.2) is 0 Å². The van der Waals surface area contributed by atoms with E-state index in [4.69, 9.17) is 4.74 Å². The van der Waals surface area contributed by atoms with E-state index in [1.165, 1.54) is 21.9 Å². The van der Waals surface area contributed by atoms with Crippen LogP contribution in [0.15, 0.2) is 72.8 Å². The maximum Gasteiger partial charge on any atom is 0.115 e. The molecule has 0 spiro atoms. The number of fused-ring (bicyclic) bond motifs is 1. The van der Waals surface area contributed by atoms with E-state index in [0.29, 0.717) is 6.61 Å². The first-order chi connectivity index (χ1) is 13.3. The highest BCUT2D eigenvalue weighted by atomic mass is 35.5. The molecule has 3 aromatic carbocycles. The summed E-state index contributed by atoms with van der Waals surface area (Å²) in [6.45, 7) is 7.27. The maximum atomic E-state index is 6.47. The molecule has 2 nitrogen and oxygen atoms in total. The molecule has 0 heterocycles. The minimum Gasteiger partial charge on any atom is -0.358 e. The number of nitrogens with zero attached hydrogens (tertiary/aromatic N) is 1. The molecule has 3 rings (SSSR count). The second kappa shape index (κ2) is 11.9. The molecule has 3 aromatic rings. The Hall–Kier alpha value is -1.87. The molecule has 0 radical (unpaired) electrons. The van der Waals surface area contributed by atoms with Crippen molar-refractivity contribution in [2.24, 2.45) is 0 Å². The van der Waals surface area contributed by atoms with Crippen LogP contribution in [0.2, 0.25) is 0 Å². The van der Waals surface area contributed by atoms with Gasteiger partial charge >= 0.3 is 0 Å². The fourth-order valence-electron chi connectivity index (χ4n) is 3.60. The topological polar surface area (TPSA) is 12.5 Å². The fourth-order valence-corrected chi connectivity index (χ4v) is 3.60. The Bertz CT molecular complexity index is 815. The van der Waals surface area contributed by atoms with Gasteiger partial charge in [-0.3, -0.25) is 4.90 Å². The normalized spacial score (nSPS) is 12.1. The van der Waals surface area contributed by atoms with E-state index < -0.39 is 0 Å². The van der Waals surface area contributed by atoms with Crippen molar-refractivity contribution in [2.75, 3.05) is 13.1 Å². The van der Waals surface area contributed by atoms with Crippen molar-refractivity contribution in [1.82, 2.24) is 4.90 Å². The first-order valence-corrected chi connectivity index (χ1v) is 10.2. The average molecular weight is 398 g/mol. The van der Waals surface area contributed by atoms with Gasteiger partial charge in [0.05, 0.1) is 6.61 Å². The summed E-state index contributed by atoms with van der Waals surface area (Å²) in [5.41, 5.74) is 2.57. The third kappa shape index (κ3) is 6.34. The van der Waals surface area contributed by atoms with E-state index in [2.05, 4.69) is 91.5 Å². The molecule has 0 aromatic heterocycles. The molecule has 0 saturated carbocycles. The lowest BCUT2D eigenvalue weighted by molar-refractivity contribution is -0.0681. The zero-order valence-corrected chi connectivity index (χ0v) is 17.8. The SMILES string of the molecule is CCCN(CCC)C(Cc1ccccc1)OCc1ccc2ccccc2c1.Cl. The van der Waals surface area contributed by atoms with Crippen molar-refractivity contribution in [1.29, 1.82) is 0 Å². The summed E-state index contributed by atoms with van der Waals surface area (Å²) in [7, 11) is 0. The Morgan fingerprint density at radius 1 is 0.750 bits per heavy atom. The Morgan fingerprint density at radius 2 is 1.39 bits per heavy atom. The second-order valence-corrected chi connectivity index (χ2v) is 7.17. The number of hydrogen-bond acceptors (Lipinski definition) is 2. The van der Waals surface area contributed by atoms with Crippen molar-refractivity contribution in [3.05, 3.63) is 83.9 Å². The molecular weight excluding hydrogens is 366 g/mol. The third-order valence-electron chi connectivity index (χ3n) is 4.94. The van der Waals surface area contributed by atoms with E-state index in [-0.39, 0.29) is 18.6 Å². The Labute approximate surface area is 175 Å². The van der Waals surface area contributed by atoms with Crippen molar-refractivity contribution in [3.63, 3.8) is 0 Å². The zero-order valence-electron chi connectivity index (χ0n) is 17.0. The van der Waals surface area contributed by atoms with Crippen molar-refractivity contribution in [3.8, 4) is 0 Å². The van der Waals surface area contributed by atoms with Crippen LogP contribution in [0.5, 0.6) is 0 Å².